The van der Waals surface area contributed by atoms with Crippen LogP contribution in [0.2, 0.25) is 0 Å². The van der Waals surface area contributed by atoms with Crippen LogP contribution in [-0.2, 0) is 0 Å². The average molecular weight is 687 g/mol. The van der Waals surface area contributed by atoms with Crippen LogP contribution >= 0.6 is 22.7 Å². The first-order chi connectivity index (χ1) is 25.3. The third-order valence-corrected chi connectivity index (χ3v) is 12.4. The molecule has 51 heavy (non-hydrogen) atoms. The van der Waals surface area contributed by atoms with E-state index < -0.39 is 0 Å². The number of hydrogen-bond donors (Lipinski definition) is 0. The van der Waals surface area contributed by atoms with E-state index in [9.17, 15) is 0 Å². The van der Waals surface area contributed by atoms with Gasteiger partial charge in [0.05, 0.1) is 26.1 Å². The molecule has 0 atom stereocenters. The van der Waals surface area contributed by atoms with Crippen molar-refractivity contribution in [3.63, 3.8) is 0 Å². The van der Waals surface area contributed by atoms with E-state index in [1.807, 2.05) is 59.1 Å². The van der Waals surface area contributed by atoms with E-state index in [2.05, 4.69) is 126 Å². The van der Waals surface area contributed by atoms with Gasteiger partial charge in [0.2, 0.25) is 0 Å². The predicted molar refractivity (Wildman–Crippen MR) is 216 cm³/mol. The lowest BCUT2D eigenvalue weighted by atomic mass is 10.0. The number of nitrogens with zero attached hydrogens (tertiary/aromatic N) is 4. The molecule has 0 aliphatic heterocycles. The summed E-state index contributed by atoms with van der Waals surface area (Å²) < 4.78 is 7.56. The fraction of sp³-hybridized carbons (Fsp3) is 0. The predicted octanol–water partition coefficient (Wildman–Crippen LogP) is 12.7. The molecule has 0 bridgehead atoms. The fourth-order valence-electron chi connectivity index (χ4n) is 7.63. The number of fused-ring (bicyclic) bond motifs is 10. The number of aromatic nitrogens is 4. The highest BCUT2D eigenvalue weighted by atomic mass is 32.1. The summed E-state index contributed by atoms with van der Waals surface area (Å²) in [5.41, 5.74) is 6.60. The Bertz CT molecular complexity index is 3030. The van der Waals surface area contributed by atoms with Crippen molar-refractivity contribution >= 4 is 84.8 Å². The van der Waals surface area contributed by atoms with Crippen molar-refractivity contribution in [2.24, 2.45) is 0 Å². The second kappa shape index (κ2) is 11.2. The Hall–Kier alpha value is -6.21. The highest BCUT2D eigenvalue weighted by Gasteiger charge is 2.21. The summed E-state index contributed by atoms with van der Waals surface area (Å²) in [4.78, 5) is 15.2. The minimum atomic E-state index is 0.667. The van der Waals surface area contributed by atoms with E-state index in [0.717, 1.165) is 16.7 Å². The lowest BCUT2D eigenvalue weighted by molar-refractivity contribution is 1.08. The minimum Gasteiger partial charge on any atom is -0.309 e. The monoisotopic (exact) mass is 686 g/mol. The molecule has 0 N–H and O–H groups in total. The van der Waals surface area contributed by atoms with Gasteiger partial charge in [-0.1, -0.05) is 127 Å². The molecule has 4 aromatic heterocycles. The van der Waals surface area contributed by atoms with Gasteiger partial charge in [-0.05, 0) is 30.3 Å². The van der Waals surface area contributed by atoms with Gasteiger partial charge in [0.25, 0.3) is 0 Å². The summed E-state index contributed by atoms with van der Waals surface area (Å²) in [5, 5.41) is 7.53. The zero-order valence-corrected chi connectivity index (χ0v) is 28.7. The molecule has 0 saturated heterocycles. The Morgan fingerprint density at radius 3 is 1.47 bits per heavy atom. The molecule has 11 aromatic rings. The molecule has 11 rings (SSSR count). The topological polar surface area (TPSA) is 43.6 Å². The second-order valence-corrected chi connectivity index (χ2v) is 14.9. The molecule has 6 heteroatoms. The van der Waals surface area contributed by atoms with Gasteiger partial charge in [-0.15, -0.1) is 22.7 Å². The number of hydrogen-bond acceptors (Lipinski definition) is 5. The lowest BCUT2D eigenvalue weighted by Crippen LogP contribution is -2.00. The van der Waals surface area contributed by atoms with E-state index >= 15 is 0 Å². The molecule has 0 saturated carbocycles. The van der Waals surface area contributed by atoms with Crippen molar-refractivity contribution in [1.82, 2.24) is 19.5 Å². The van der Waals surface area contributed by atoms with E-state index in [1.165, 1.54) is 67.8 Å². The molecule has 0 spiro atoms. The van der Waals surface area contributed by atoms with Gasteiger partial charge in [-0.3, -0.25) is 0 Å². The number of para-hydroxylation sites is 2. The van der Waals surface area contributed by atoms with Crippen LogP contribution in [-0.4, -0.2) is 19.5 Å². The van der Waals surface area contributed by atoms with Crippen molar-refractivity contribution in [3.05, 3.63) is 158 Å². The maximum absolute atomic E-state index is 5.11. The number of benzene rings is 7. The first kappa shape index (κ1) is 28.6. The number of thiophene rings is 2. The van der Waals surface area contributed by atoms with E-state index in [0.29, 0.717) is 17.5 Å². The minimum absolute atomic E-state index is 0.667. The molecule has 4 nitrogen and oxygen atoms in total. The summed E-state index contributed by atoms with van der Waals surface area (Å²) in [7, 11) is 0. The smallest absolute Gasteiger partial charge is 0.164 e. The van der Waals surface area contributed by atoms with Crippen LogP contribution in [0, 0.1) is 0 Å². The maximum Gasteiger partial charge on any atom is 0.164 e. The second-order valence-electron chi connectivity index (χ2n) is 12.8. The Balaban J connectivity index is 1.17. The van der Waals surface area contributed by atoms with Crippen LogP contribution in [0.1, 0.15) is 0 Å². The summed E-state index contributed by atoms with van der Waals surface area (Å²) in [6, 6.07) is 55.7. The van der Waals surface area contributed by atoms with Gasteiger partial charge >= 0.3 is 0 Å². The molecule has 0 aliphatic carbocycles. The molecule has 0 amide bonds. The van der Waals surface area contributed by atoms with Crippen LogP contribution in [0.15, 0.2) is 158 Å². The van der Waals surface area contributed by atoms with Gasteiger partial charge < -0.3 is 4.57 Å². The standard InChI is InChI=1S/C45H26N4S2/c1-3-13-27(14-4-1)43-46-44(28-15-5-2-6-16-28)48-45(47-43)33-19-11-23-37-39(33)31-25-26-32-40-36(22-12-24-38(40)51-42(32)41(31)50-37)49-34-20-9-7-17-29(34)30-18-8-10-21-35(30)49/h1-26H. The van der Waals surface area contributed by atoms with E-state index in [-0.39, 0.29) is 0 Å². The SMILES string of the molecule is c1ccc(-c2nc(-c3ccccc3)nc(-c3cccc4sc5c(ccc6c5sc5cccc(-n7c8ccccc8c8ccccc87)c56)c34)n2)cc1. The van der Waals surface area contributed by atoms with Crippen molar-refractivity contribution in [3.8, 4) is 39.9 Å². The van der Waals surface area contributed by atoms with Crippen molar-refractivity contribution in [2.75, 3.05) is 0 Å². The van der Waals surface area contributed by atoms with E-state index in [1.54, 1.807) is 0 Å². The van der Waals surface area contributed by atoms with Crippen molar-refractivity contribution in [2.45, 2.75) is 0 Å². The van der Waals surface area contributed by atoms with Gasteiger partial charge in [0.1, 0.15) is 0 Å². The molecule has 4 heterocycles. The van der Waals surface area contributed by atoms with E-state index in [4.69, 9.17) is 15.0 Å². The highest BCUT2D eigenvalue weighted by molar-refractivity contribution is 7.33. The Morgan fingerprint density at radius 1 is 0.373 bits per heavy atom. The maximum atomic E-state index is 5.11. The molecular weight excluding hydrogens is 661 g/mol. The average Bonchev–Trinajstić information content (AvgIpc) is 3.88. The number of rotatable bonds is 4. The Kier molecular flexibility index (Phi) is 6.26. The quantitative estimate of drug-likeness (QED) is 0.185. The van der Waals surface area contributed by atoms with Gasteiger partial charge in [-0.2, -0.15) is 0 Å². The molecule has 0 unspecified atom stereocenters. The molecule has 0 fully saturated rings. The zero-order chi connectivity index (χ0) is 33.5. The molecule has 7 aromatic carbocycles. The van der Waals surface area contributed by atoms with Gasteiger partial charge in [0, 0.05) is 58.4 Å². The van der Waals surface area contributed by atoms with Crippen LogP contribution in [0.3, 0.4) is 0 Å². The first-order valence-corrected chi connectivity index (χ1v) is 18.6. The fourth-order valence-corrected chi connectivity index (χ4v) is 10.2. The Morgan fingerprint density at radius 2 is 0.863 bits per heavy atom. The van der Waals surface area contributed by atoms with Crippen LogP contribution in [0.4, 0.5) is 0 Å². The highest BCUT2D eigenvalue weighted by Crippen LogP contribution is 2.48. The molecule has 238 valence electrons. The molecular formula is C45H26N4S2. The summed E-state index contributed by atoms with van der Waals surface area (Å²) in [6.45, 7) is 0. The molecule has 0 aliphatic rings. The van der Waals surface area contributed by atoms with Crippen molar-refractivity contribution in [1.29, 1.82) is 0 Å². The summed E-state index contributed by atoms with van der Waals surface area (Å²) in [5.74, 6) is 2.01. The first-order valence-electron chi connectivity index (χ1n) is 17.0. The van der Waals surface area contributed by atoms with Crippen LogP contribution in [0.25, 0.3) is 102 Å². The van der Waals surface area contributed by atoms with Gasteiger partial charge in [0.15, 0.2) is 17.5 Å². The summed E-state index contributed by atoms with van der Waals surface area (Å²) in [6.07, 6.45) is 0. The normalized spacial score (nSPS) is 11.9. The van der Waals surface area contributed by atoms with Crippen LogP contribution < -0.4 is 0 Å². The van der Waals surface area contributed by atoms with Crippen molar-refractivity contribution < 1.29 is 0 Å². The Labute approximate surface area is 300 Å². The zero-order valence-electron chi connectivity index (χ0n) is 27.1. The third kappa shape index (κ3) is 4.34. The largest absolute Gasteiger partial charge is 0.309 e. The molecule has 0 radical (unpaired) electrons. The van der Waals surface area contributed by atoms with Crippen LogP contribution in [0.5, 0.6) is 0 Å². The third-order valence-electron chi connectivity index (χ3n) is 9.87. The lowest BCUT2D eigenvalue weighted by Gasteiger charge is -2.10. The van der Waals surface area contributed by atoms with Gasteiger partial charge in [-0.25, -0.2) is 15.0 Å². The summed E-state index contributed by atoms with van der Waals surface area (Å²) >= 11 is 3.74.